The summed E-state index contributed by atoms with van der Waals surface area (Å²) in [5.74, 6) is 2.03. The fourth-order valence-corrected chi connectivity index (χ4v) is 4.75. The molecule has 11 heteroatoms. The predicted molar refractivity (Wildman–Crippen MR) is 117 cm³/mol. The van der Waals surface area contributed by atoms with Gasteiger partial charge in [0, 0.05) is 56.9 Å². The summed E-state index contributed by atoms with van der Waals surface area (Å²) in [6.07, 6.45) is 3.00. The lowest BCUT2D eigenvalue weighted by Gasteiger charge is -2.33. The van der Waals surface area contributed by atoms with Crippen LogP contribution in [0.1, 0.15) is 5.69 Å². The van der Waals surface area contributed by atoms with E-state index in [1.165, 1.54) is 16.8 Å². The van der Waals surface area contributed by atoms with E-state index in [0.29, 0.717) is 37.9 Å². The molecule has 0 saturated carbocycles. The van der Waals surface area contributed by atoms with Gasteiger partial charge >= 0.3 is 0 Å². The zero-order chi connectivity index (χ0) is 22.0. The molecule has 1 saturated heterocycles. The first kappa shape index (κ1) is 21.1. The number of methoxy groups -OCH3 is 1. The molecule has 0 bridgehead atoms. The molecule has 1 aromatic carbocycles. The van der Waals surface area contributed by atoms with Crippen molar-refractivity contribution in [3.63, 3.8) is 0 Å². The predicted octanol–water partition coefficient (Wildman–Crippen LogP) is 1.78. The van der Waals surface area contributed by atoms with Gasteiger partial charge in [-0.3, -0.25) is 0 Å². The van der Waals surface area contributed by atoms with E-state index in [4.69, 9.17) is 4.74 Å². The third kappa shape index (κ3) is 4.62. The second-order valence-corrected chi connectivity index (χ2v) is 9.20. The number of ether oxygens (including phenoxy) is 1. The van der Waals surface area contributed by atoms with Crippen LogP contribution in [-0.4, -0.2) is 65.5 Å². The van der Waals surface area contributed by atoms with Crippen molar-refractivity contribution in [2.75, 3.05) is 43.5 Å². The first-order chi connectivity index (χ1) is 14.8. The van der Waals surface area contributed by atoms with Crippen LogP contribution in [0, 0.1) is 6.92 Å². The third-order valence-corrected chi connectivity index (χ3v) is 6.80. The number of rotatable bonds is 6. The maximum absolute atomic E-state index is 12.8. The van der Waals surface area contributed by atoms with Gasteiger partial charge in [0.05, 0.1) is 13.4 Å². The summed E-state index contributed by atoms with van der Waals surface area (Å²) < 4.78 is 33.8. The lowest BCUT2D eigenvalue weighted by atomic mass is 10.3. The van der Waals surface area contributed by atoms with Gasteiger partial charge in [0.25, 0.3) is 10.0 Å². The molecule has 1 aliphatic rings. The van der Waals surface area contributed by atoms with E-state index in [1.807, 2.05) is 42.2 Å². The first-order valence-electron chi connectivity index (χ1n) is 9.85. The van der Waals surface area contributed by atoms with E-state index in [1.54, 1.807) is 18.7 Å². The molecule has 0 spiro atoms. The van der Waals surface area contributed by atoms with Crippen LogP contribution in [0.15, 0.2) is 47.9 Å². The standard InChI is InChI=1S/C20H25N7O3S/c1-15-12-18(23-16-4-6-17(30-3)7-5-16)24-20(22-15)26-8-10-27(11-9-26)31(28,29)19-13-25(2)14-21-19/h4-7,12-14H,8-11H2,1-3H3,(H,22,23,24). The van der Waals surface area contributed by atoms with Gasteiger partial charge in [0.2, 0.25) is 5.95 Å². The highest BCUT2D eigenvalue weighted by Crippen LogP contribution is 2.22. The summed E-state index contributed by atoms with van der Waals surface area (Å²) in [6.45, 7) is 3.59. The van der Waals surface area contributed by atoms with Crippen LogP contribution in [0.4, 0.5) is 17.5 Å². The number of imidazole rings is 1. The van der Waals surface area contributed by atoms with E-state index in [-0.39, 0.29) is 5.03 Å². The van der Waals surface area contributed by atoms with Crippen LogP contribution in [0.3, 0.4) is 0 Å². The number of nitrogens with one attached hydrogen (secondary N) is 1. The highest BCUT2D eigenvalue weighted by Gasteiger charge is 2.31. The van der Waals surface area contributed by atoms with Crippen molar-refractivity contribution in [1.29, 1.82) is 0 Å². The lowest BCUT2D eigenvalue weighted by Crippen LogP contribution is -2.49. The minimum absolute atomic E-state index is 0.0706. The van der Waals surface area contributed by atoms with Gasteiger partial charge in [0.1, 0.15) is 11.6 Å². The number of aromatic nitrogens is 4. The largest absolute Gasteiger partial charge is 0.497 e. The van der Waals surface area contributed by atoms with Crippen LogP contribution in [-0.2, 0) is 17.1 Å². The van der Waals surface area contributed by atoms with Crippen molar-refractivity contribution in [1.82, 2.24) is 23.8 Å². The Balaban J connectivity index is 1.45. The minimum Gasteiger partial charge on any atom is -0.497 e. The van der Waals surface area contributed by atoms with Gasteiger partial charge < -0.3 is 19.5 Å². The number of hydrogen-bond donors (Lipinski definition) is 1. The Kier molecular flexibility index (Phi) is 5.79. The van der Waals surface area contributed by atoms with Gasteiger partial charge in [0.15, 0.2) is 5.03 Å². The number of sulfonamides is 1. The Labute approximate surface area is 181 Å². The van der Waals surface area contributed by atoms with Gasteiger partial charge in [-0.1, -0.05) is 0 Å². The molecule has 3 aromatic rings. The van der Waals surface area contributed by atoms with Crippen molar-refractivity contribution >= 4 is 27.5 Å². The second-order valence-electron chi connectivity index (χ2n) is 7.32. The number of piperazine rings is 1. The van der Waals surface area contributed by atoms with E-state index in [0.717, 1.165) is 17.1 Å². The van der Waals surface area contributed by atoms with Gasteiger partial charge in [-0.15, -0.1) is 0 Å². The second kappa shape index (κ2) is 8.52. The molecular weight excluding hydrogens is 418 g/mol. The molecule has 1 N–H and O–H groups in total. The van der Waals surface area contributed by atoms with Crippen LogP contribution < -0.4 is 15.0 Å². The molecular formula is C20H25N7O3S. The maximum Gasteiger partial charge on any atom is 0.262 e. The van der Waals surface area contributed by atoms with Gasteiger partial charge in [-0.25, -0.2) is 18.4 Å². The Morgan fingerprint density at radius 1 is 1.06 bits per heavy atom. The molecule has 0 atom stereocenters. The Morgan fingerprint density at radius 3 is 2.39 bits per heavy atom. The monoisotopic (exact) mass is 443 g/mol. The van der Waals surface area contributed by atoms with E-state index < -0.39 is 10.0 Å². The molecule has 1 aliphatic heterocycles. The summed E-state index contributed by atoms with van der Waals surface area (Å²) in [7, 11) is -0.223. The van der Waals surface area contributed by atoms with Gasteiger partial charge in [-0.05, 0) is 31.2 Å². The first-order valence-corrected chi connectivity index (χ1v) is 11.3. The highest BCUT2D eigenvalue weighted by molar-refractivity contribution is 7.89. The van der Waals surface area contributed by atoms with Gasteiger partial charge in [-0.2, -0.15) is 9.29 Å². The number of anilines is 3. The summed E-state index contributed by atoms with van der Waals surface area (Å²) in [6, 6.07) is 9.45. The molecule has 0 unspecified atom stereocenters. The van der Waals surface area contributed by atoms with Crippen LogP contribution >= 0.6 is 0 Å². The summed E-state index contributed by atoms with van der Waals surface area (Å²) in [5.41, 5.74) is 1.71. The quantitative estimate of drug-likeness (QED) is 0.615. The molecule has 0 radical (unpaired) electrons. The fourth-order valence-electron chi connectivity index (χ4n) is 3.36. The van der Waals surface area contributed by atoms with Crippen molar-refractivity contribution in [3.8, 4) is 5.75 Å². The third-order valence-electron chi connectivity index (χ3n) is 5.01. The average Bonchev–Trinajstić information content (AvgIpc) is 3.21. The average molecular weight is 444 g/mol. The zero-order valence-corrected chi connectivity index (χ0v) is 18.5. The van der Waals surface area contributed by atoms with Crippen molar-refractivity contribution in [2.24, 2.45) is 7.05 Å². The maximum atomic E-state index is 12.8. The van der Waals surface area contributed by atoms with Crippen LogP contribution in [0.25, 0.3) is 0 Å². The van der Waals surface area contributed by atoms with E-state index in [2.05, 4.69) is 20.3 Å². The lowest BCUT2D eigenvalue weighted by molar-refractivity contribution is 0.381. The zero-order valence-electron chi connectivity index (χ0n) is 17.7. The normalized spacial score (nSPS) is 15.1. The molecule has 10 nitrogen and oxygen atoms in total. The molecule has 31 heavy (non-hydrogen) atoms. The SMILES string of the molecule is COc1ccc(Nc2cc(C)nc(N3CCN(S(=O)(=O)c4cn(C)cn4)CC3)n2)cc1. The molecule has 4 rings (SSSR count). The number of benzene rings is 1. The Morgan fingerprint density at radius 2 is 1.77 bits per heavy atom. The summed E-state index contributed by atoms with van der Waals surface area (Å²) in [4.78, 5) is 15.2. The fraction of sp³-hybridized carbons (Fsp3) is 0.350. The summed E-state index contributed by atoms with van der Waals surface area (Å²) >= 11 is 0. The van der Waals surface area contributed by atoms with E-state index in [9.17, 15) is 8.42 Å². The number of nitrogens with zero attached hydrogens (tertiary/aromatic N) is 6. The molecule has 164 valence electrons. The molecule has 1 fully saturated rings. The highest BCUT2D eigenvalue weighted by atomic mass is 32.2. The number of aryl methyl sites for hydroxylation is 2. The smallest absolute Gasteiger partial charge is 0.262 e. The number of hydrogen-bond acceptors (Lipinski definition) is 8. The molecule has 0 amide bonds. The Bertz CT molecular complexity index is 1150. The minimum atomic E-state index is -3.60. The molecule has 3 heterocycles. The summed E-state index contributed by atoms with van der Waals surface area (Å²) in [5, 5.41) is 3.35. The van der Waals surface area contributed by atoms with Crippen LogP contribution in [0.2, 0.25) is 0 Å². The van der Waals surface area contributed by atoms with Crippen molar-refractivity contribution in [3.05, 3.63) is 48.5 Å². The Hall–Kier alpha value is -3.18. The molecule has 0 aliphatic carbocycles. The topological polar surface area (TPSA) is 105 Å². The van der Waals surface area contributed by atoms with Crippen molar-refractivity contribution < 1.29 is 13.2 Å². The molecule has 2 aromatic heterocycles. The van der Waals surface area contributed by atoms with Crippen molar-refractivity contribution in [2.45, 2.75) is 11.9 Å². The van der Waals surface area contributed by atoms with Crippen LogP contribution in [0.5, 0.6) is 5.75 Å². The van der Waals surface area contributed by atoms with E-state index >= 15 is 0 Å².